The highest BCUT2D eigenvalue weighted by atomic mass is 32.2. The molecule has 2 unspecified atom stereocenters. The van der Waals surface area contributed by atoms with Crippen LogP contribution in [0.2, 0.25) is 0 Å². The van der Waals surface area contributed by atoms with E-state index in [0.29, 0.717) is 0 Å². The van der Waals surface area contributed by atoms with Crippen LogP contribution in [0, 0.1) is 0 Å². The number of nitrogens with one attached hydrogen (secondary N) is 1. The molecule has 0 saturated carbocycles. The van der Waals surface area contributed by atoms with Crippen LogP contribution < -0.4 is 5.32 Å². The number of aliphatic hydroxyl groups is 1. The molecule has 1 amide bonds. The third kappa shape index (κ3) is 32.0. The van der Waals surface area contributed by atoms with Crippen molar-refractivity contribution in [3.8, 4) is 0 Å². The minimum atomic E-state index is -4.34. The van der Waals surface area contributed by atoms with E-state index in [1.807, 2.05) is 6.08 Å². The zero-order valence-electron chi connectivity index (χ0n) is 28.1. The van der Waals surface area contributed by atoms with Crippen LogP contribution in [0.25, 0.3) is 0 Å². The highest BCUT2D eigenvalue weighted by Gasteiger charge is 2.24. The van der Waals surface area contributed by atoms with Crippen molar-refractivity contribution in [3.05, 3.63) is 24.3 Å². The molecule has 43 heavy (non-hydrogen) atoms. The fraction of sp³-hybridized carbons (Fsp3) is 0.861. The lowest BCUT2D eigenvalue weighted by atomic mass is 10.0. The zero-order valence-corrected chi connectivity index (χ0v) is 28.9. The van der Waals surface area contributed by atoms with Gasteiger partial charge in [0, 0.05) is 6.42 Å². The second-order valence-corrected chi connectivity index (χ2v) is 14.0. The van der Waals surface area contributed by atoms with Crippen LogP contribution in [0.5, 0.6) is 0 Å². The monoisotopic (exact) mass is 627 g/mol. The largest absolute Gasteiger partial charge is 0.387 e. The highest BCUT2D eigenvalue weighted by Crippen LogP contribution is 2.14. The quantitative estimate of drug-likeness (QED) is 0.0391. The Balaban J connectivity index is 3.98. The molecule has 0 aromatic rings. The van der Waals surface area contributed by atoms with Crippen LogP contribution in [-0.2, 0) is 14.9 Å². The van der Waals surface area contributed by atoms with Crippen LogP contribution in [0.15, 0.2) is 24.3 Å². The molecule has 7 heteroatoms. The standard InChI is InChI=1S/C36H69NO5S/c1-3-5-7-9-11-13-15-16-17-18-19-20-22-23-25-27-29-31-35(38)34(33-43(40,41)42)37-36(39)32-30-28-26-24-21-14-12-10-8-6-4-2/h10,12,29,31,34-35,38H,3-9,11,13-28,30,32-33H2,1-2H3,(H,37,39)(H,40,41,42)/b12-10-,31-29+. The van der Waals surface area contributed by atoms with Gasteiger partial charge in [0.15, 0.2) is 0 Å². The van der Waals surface area contributed by atoms with Crippen molar-refractivity contribution in [1.29, 1.82) is 0 Å². The van der Waals surface area contributed by atoms with Crippen LogP contribution >= 0.6 is 0 Å². The summed E-state index contributed by atoms with van der Waals surface area (Å²) in [4.78, 5) is 12.4. The van der Waals surface area contributed by atoms with Crippen molar-refractivity contribution in [1.82, 2.24) is 5.32 Å². The van der Waals surface area contributed by atoms with E-state index in [4.69, 9.17) is 0 Å². The molecule has 0 heterocycles. The predicted molar refractivity (Wildman–Crippen MR) is 184 cm³/mol. The molecule has 0 bridgehead atoms. The van der Waals surface area contributed by atoms with Crippen LogP contribution in [0.4, 0.5) is 0 Å². The first-order chi connectivity index (χ1) is 20.8. The van der Waals surface area contributed by atoms with Gasteiger partial charge in [-0.1, -0.05) is 160 Å². The minimum Gasteiger partial charge on any atom is -0.387 e. The topological polar surface area (TPSA) is 104 Å². The Morgan fingerprint density at radius 1 is 0.605 bits per heavy atom. The Morgan fingerprint density at radius 2 is 1.00 bits per heavy atom. The number of carbonyl (C=O) groups excluding carboxylic acids is 1. The molecule has 0 aliphatic rings. The summed E-state index contributed by atoms with van der Waals surface area (Å²) in [6.45, 7) is 4.46. The molecule has 0 saturated heterocycles. The van der Waals surface area contributed by atoms with E-state index in [0.717, 1.165) is 64.2 Å². The molecule has 254 valence electrons. The first-order valence-electron chi connectivity index (χ1n) is 18.0. The molecule has 3 N–H and O–H groups in total. The number of hydrogen-bond donors (Lipinski definition) is 3. The van der Waals surface area contributed by atoms with E-state index >= 15 is 0 Å². The molecule has 0 aromatic heterocycles. The van der Waals surface area contributed by atoms with Gasteiger partial charge < -0.3 is 10.4 Å². The van der Waals surface area contributed by atoms with Gasteiger partial charge >= 0.3 is 0 Å². The Hall–Kier alpha value is -1.18. The summed E-state index contributed by atoms with van der Waals surface area (Å²) in [6.07, 6.45) is 37.3. The van der Waals surface area contributed by atoms with Gasteiger partial charge in [0.05, 0.1) is 17.9 Å². The number of hydrogen-bond acceptors (Lipinski definition) is 4. The van der Waals surface area contributed by atoms with Gasteiger partial charge in [-0.15, -0.1) is 0 Å². The Morgan fingerprint density at radius 3 is 1.47 bits per heavy atom. The average molecular weight is 628 g/mol. The maximum absolute atomic E-state index is 12.4. The Kier molecular flexibility index (Phi) is 30.0. The minimum absolute atomic E-state index is 0.286. The molecule has 2 atom stereocenters. The summed E-state index contributed by atoms with van der Waals surface area (Å²) in [5.41, 5.74) is 0. The SMILES string of the molecule is CCCC/C=C\CCCCCCCC(=O)NC(CS(=O)(=O)O)C(O)/C=C/CCCCCCCCCCCCCCCCC. The molecule has 0 spiro atoms. The lowest BCUT2D eigenvalue weighted by Crippen LogP contribution is -2.46. The molecular formula is C36H69NO5S. The number of amides is 1. The second-order valence-electron chi connectivity index (χ2n) is 12.5. The molecule has 0 rings (SSSR count). The summed E-state index contributed by atoms with van der Waals surface area (Å²) in [7, 11) is -4.34. The normalized spacial score (nSPS) is 13.7. The maximum atomic E-state index is 12.4. The van der Waals surface area contributed by atoms with Crippen LogP contribution in [0.3, 0.4) is 0 Å². The smallest absolute Gasteiger partial charge is 0.267 e. The van der Waals surface area contributed by atoms with Crippen molar-refractivity contribution in [3.63, 3.8) is 0 Å². The van der Waals surface area contributed by atoms with E-state index in [9.17, 15) is 22.9 Å². The van der Waals surface area contributed by atoms with Gasteiger partial charge in [0.1, 0.15) is 0 Å². The van der Waals surface area contributed by atoms with Gasteiger partial charge in [-0.3, -0.25) is 9.35 Å². The second kappa shape index (κ2) is 30.8. The molecule has 0 fully saturated rings. The van der Waals surface area contributed by atoms with Gasteiger partial charge in [-0.25, -0.2) is 0 Å². The fourth-order valence-electron chi connectivity index (χ4n) is 5.37. The zero-order chi connectivity index (χ0) is 31.9. The summed E-state index contributed by atoms with van der Waals surface area (Å²) >= 11 is 0. The summed E-state index contributed by atoms with van der Waals surface area (Å²) in [5, 5.41) is 13.2. The molecule has 0 aromatic carbocycles. The molecule has 0 aliphatic heterocycles. The Bertz CT molecular complexity index is 781. The van der Waals surface area contributed by atoms with E-state index < -0.39 is 28.0 Å². The first-order valence-corrected chi connectivity index (χ1v) is 19.6. The van der Waals surface area contributed by atoms with E-state index in [1.54, 1.807) is 6.08 Å². The summed E-state index contributed by atoms with van der Waals surface area (Å²) in [6, 6.07) is -1.06. The number of unbranched alkanes of at least 4 members (excludes halogenated alkanes) is 22. The number of allylic oxidation sites excluding steroid dienone is 3. The van der Waals surface area contributed by atoms with Crippen molar-refractivity contribution < 1.29 is 22.9 Å². The van der Waals surface area contributed by atoms with Gasteiger partial charge in [-0.2, -0.15) is 8.42 Å². The lowest BCUT2D eigenvalue weighted by molar-refractivity contribution is -0.122. The first kappa shape index (κ1) is 41.8. The molecule has 6 nitrogen and oxygen atoms in total. The molecule has 0 radical (unpaired) electrons. The predicted octanol–water partition coefficient (Wildman–Crippen LogP) is 10.0. The van der Waals surface area contributed by atoms with Gasteiger partial charge in [0.25, 0.3) is 10.1 Å². The van der Waals surface area contributed by atoms with Gasteiger partial charge in [-0.05, 0) is 38.5 Å². The highest BCUT2D eigenvalue weighted by molar-refractivity contribution is 7.85. The van der Waals surface area contributed by atoms with Crippen molar-refractivity contribution in [2.24, 2.45) is 0 Å². The number of carbonyl (C=O) groups is 1. The number of aliphatic hydroxyl groups excluding tert-OH is 1. The Labute approximate surface area is 266 Å². The third-order valence-corrected chi connectivity index (χ3v) is 8.90. The van der Waals surface area contributed by atoms with Crippen molar-refractivity contribution in [2.75, 3.05) is 5.75 Å². The van der Waals surface area contributed by atoms with Gasteiger partial charge in [0.2, 0.25) is 5.91 Å². The maximum Gasteiger partial charge on any atom is 0.267 e. The van der Waals surface area contributed by atoms with Crippen LogP contribution in [-0.4, -0.2) is 41.9 Å². The van der Waals surface area contributed by atoms with Crippen molar-refractivity contribution in [2.45, 2.75) is 193 Å². The number of rotatable bonds is 32. The van der Waals surface area contributed by atoms with E-state index in [1.165, 1.54) is 96.3 Å². The van der Waals surface area contributed by atoms with Crippen molar-refractivity contribution >= 4 is 16.0 Å². The molecule has 0 aliphatic carbocycles. The lowest BCUT2D eigenvalue weighted by Gasteiger charge is -2.21. The summed E-state index contributed by atoms with van der Waals surface area (Å²) in [5.74, 6) is -0.989. The van der Waals surface area contributed by atoms with E-state index in [-0.39, 0.29) is 12.3 Å². The third-order valence-electron chi connectivity index (χ3n) is 8.12. The average Bonchev–Trinajstić information content (AvgIpc) is 2.96. The fourth-order valence-corrected chi connectivity index (χ4v) is 6.10. The molecular weight excluding hydrogens is 558 g/mol. The van der Waals surface area contributed by atoms with Crippen LogP contribution in [0.1, 0.15) is 181 Å². The van der Waals surface area contributed by atoms with E-state index in [2.05, 4.69) is 31.3 Å². The summed E-state index contributed by atoms with van der Waals surface area (Å²) < 4.78 is 32.3.